The highest BCUT2D eigenvalue weighted by Gasteiger charge is 2.57. The number of nitrogens with two attached hydrogens (primary N) is 1. The summed E-state index contributed by atoms with van der Waals surface area (Å²) < 4.78 is 0. The summed E-state index contributed by atoms with van der Waals surface area (Å²) in [6.45, 7) is 0. The van der Waals surface area contributed by atoms with Gasteiger partial charge in [-0.1, -0.05) is 0 Å². The molecule has 0 saturated heterocycles. The van der Waals surface area contributed by atoms with E-state index in [0.29, 0.717) is 12.3 Å². The van der Waals surface area contributed by atoms with Crippen molar-refractivity contribution in [3.8, 4) is 0 Å². The normalized spacial score (nSPS) is 50.5. The van der Waals surface area contributed by atoms with E-state index < -0.39 is 11.5 Å². The summed E-state index contributed by atoms with van der Waals surface area (Å²) in [6.07, 6.45) is 2.79. The minimum absolute atomic E-state index is 0.273. The Morgan fingerprint density at radius 3 is 2.40 bits per heavy atom. The van der Waals surface area contributed by atoms with Crippen LogP contribution in [0.3, 0.4) is 0 Å². The van der Waals surface area contributed by atoms with Crippen LogP contribution in [0.2, 0.25) is 0 Å². The number of hydrogen-bond donors (Lipinski definition) is 2. The van der Waals surface area contributed by atoms with E-state index in [0.717, 1.165) is 12.8 Å². The smallest absolute Gasteiger partial charge is 0.323 e. The van der Waals surface area contributed by atoms with E-state index in [1.807, 2.05) is 0 Å². The third-order valence-electron chi connectivity index (χ3n) is 2.99. The maximum atomic E-state index is 10.6. The Morgan fingerprint density at radius 2 is 2.20 bits per heavy atom. The standard InChI is InChI=1S/C7H11NO2/c8-7(6(9)10)3-4-1-5(7)2-4/h4-5H,1-3,8H2,(H,9,10). The van der Waals surface area contributed by atoms with Crippen molar-refractivity contribution in [1.82, 2.24) is 0 Å². The maximum absolute atomic E-state index is 10.6. The third kappa shape index (κ3) is 0.515. The van der Waals surface area contributed by atoms with Crippen molar-refractivity contribution in [1.29, 1.82) is 0 Å². The topological polar surface area (TPSA) is 63.3 Å². The van der Waals surface area contributed by atoms with Crippen LogP contribution in [0.4, 0.5) is 0 Å². The number of rotatable bonds is 1. The average molecular weight is 141 g/mol. The van der Waals surface area contributed by atoms with Gasteiger partial charge < -0.3 is 10.8 Å². The Morgan fingerprint density at radius 1 is 1.60 bits per heavy atom. The first-order valence-electron chi connectivity index (χ1n) is 3.65. The van der Waals surface area contributed by atoms with Crippen molar-refractivity contribution in [3.05, 3.63) is 0 Å². The Bertz CT molecular complexity index is 186. The Kier molecular flexibility index (Phi) is 0.944. The third-order valence-corrected chi connectivity index (χ3v) is 2.99. The van der Waals surface area contributed by atoms with Gasteiger partial charge in [-0.15, -0.1) is 0 Å². The summed E-state index contributed by atoms with van der Waals surface area (Å²) in [5, 5.41) is 8.74. The molecule has 1 unspecified atom stereocenters. The molecular weight excluding hydrogens is 130 g/mol. The molecule has 2 bridgehead atoms. The minimum atomic E-state index is -0.856. The highest BCUT2D eigenvalue weighted by atomic mass is 16.4. The number of carboxylic acid groups (broad SMARTS) is 1. The molecule has 3 nitrogen and oxygen atoms in total. The minimum Gasteiger partial charge on any atom is -0.480 e. The van der Waals surface area contributed by atoms with Crippen molar-refractivity contribution in [2.45, 2.75) is 24.8 Å². The molecule has 1 atom stereocenters. The summed E-state index contributed by atoms with van der Waals surface area (Å²) >= 11 is 0. The lowest BCUT2D eigenvalue weighted by Crippen LogP contribution is -2.49. The van der Waals surface area contributed by atoms with Gasteiger partial charge in [-0.3, -0.25) is 4.79 Å². The van der Waals surface area contributed by atoms with Gasteiger partial charge >= 0.3 is 5.97 Å². The van der Waals surface area contributed by atoms with Gasteiger partial charge in [0.05, 0.1) is 0 Å². The average Bonchev–Trinajstić information content (AvgIpc) is 2.17. The van der Waals surface area contributed by atoms with Crippen LogP contribution in [-0.2, 0) is 4.79 Å². The van der Waals surface area contributed by atoms with Crippen molar-refractivity contribution >= 4 is 5.97 Å². The first kappa shape index (κ1) is 6.16. The molecule has 0 heterocycles. The Balaban J connectivity index is 2.23. The molecule has 3 fully saturated rings. The van der Waals surface area contributed by atoms with Crippen LogP contribution >= 0.6 is 0 Å². The lowest BCUT2D eigenvalue weighted by atomic mass is 9.80. The Hall–Kier alpha value is -0.570. The second-order valence-electron chi connectivity index (χ2n) is 3.58. The van der Waals surface area contributed by atoms with E-state index >= 15 is 0 Å². The SMILES string of the molecule is NC1(C(=O)O)CC2CC1C2. The van der Waals surface area contributed by atoms with Crippen LogP contribution in [0.1, 0.15) is 19.3 Å². The number of hydrogen-bond acceptors (Lipinski definition) is 2. The molecule has 0 aromatic heterocycles. The van der Waals surface area contributed by atoms with Gasteiger partial charge in [0, 0.05) is 0 Å². The summed E-state index contributed by atoms with van der Waals surface area (Å²) in [5.74, 6) is 0.0820. The monoisotopic (exact) mass is 141 g/mol. The van der Waals surface area contributed by atoms with Crippen LogP contribution < -0.4 is 5.73 Å². The fourth-order valence-corrected chi connectivity index (χ4v) is 2.23. The molecule has 3 aliphatic carbocycles. The van der Waals surface area contributed by atoms with E-state index in [9.17, 15) is 4.79 Å². The Labute approximate surface area is 59.2 Å². The van der Waals surface area contributed by atoms with Gasteiger partial charge in [0.1, 0.15) is 5.54 Å². The summed E-state index contributed by atoms with van der Waals surface area (Å²) in [4.78, 5) is 10.6. The molecule has 3 aliphatic rings. The predicted molar refractivity (Wildman–Crippen MR) is 35.4 cm³/mol. The highest BCUT2D eigenvalue weighted by molar-refractivity contribution is 5.80. The molecular formula is C7H11NO2. The van der Waals surface area contributed by atoms with E-state index in [2.05, 4.69) is 0 Å². The largest absolute Gasteiger partial charge is 0.480 e. The fraction of sp³-hybridized carbons (Fsp3) is 0.857. The zero-order valence-corrected chi connectivity index (χ0v) is 5.71. The lowest BCUT2D eigenvalue weighted by molar-refractivity contribution is -0.144. The predicted octanol–water partition coefficient (Wildman–Crippen LogP) is 0.198. The molecule has 3 N–H and O–H groups in total. The van der Waals surface area contributed by atoms with Crippen molar-refractivity contribution in [3.63, 3.8) is 0 Å². The molecule has 0 aromatic carbocycles. The summed E-state index contributed by atoms with van der Waals surface area (Å²) in [5.41, 5.74) is 4.83. The summed E-state index contributed by atoms with van der Waals surface area (Å²) in [6, 6.07) is 0. The molecule has 0 spiro atoms. The number of carboxylic acids is 1. The molecule has 0 radical (unpaired) electrons. The lowest BCUT2D eigenvalue weighted by Gasteiger charge is -2.27. The molecule has 3 saturated carbocycles. The molecule has 56 valence electrons. The van der Waals surface area contributed by atoms with Gasteiger partial charge in [0.2, 0.25) is 0 Å². The van der Waals surface area contributed by atoms with Gasteiger partial charge in [-0.25, -0.2) is 0 Å². The number of fused-ring (bicyclic) bond motifs is 1. The van der Waals surface area contributed by atoms with Crippen molar-refractivity contribution in [2.75, 3.05) is 0 Å². The van der Waals surface area contributed by atoms with Crippen LogP contribution in [0.5, 0.6) is 0 Å². The molecule has 3 heteroatoms. The molecule has 3 rings (SSSR count). The fourth-order valence-electron chi connectivity index (χ4n) is 2.23. The van der Waals surface area contributed by atoms with Crippen molar-refractivity contribution < 1.29 is 9.90 Å². The van der Waals surface area contributed by atoms with E-state index in [1.165, 1.54) is 0 Å². The molecule has 0 aliphatic heterocycles. The van der Waals surface area contributed by atoms with E-state index in [4.69, 9.17) is 10.8 Å². The zero-order valence-electron chi connectivity index (χ0n) is 5.71. The second kappa shape index (κ2) is 1.53. The first-order valence-corrected chi connectivity index (χ1v) is 3.65. The zero-order chi connectivity index (χ0) is 7.35. The van der Waals surface area contributed by atoms with Crippen LogP contribution in [-0.4, -0.2) is 16.6 Å². The molecule has 10 heavy (non-hydrogen) atoms. The molecule has 0 aromatic rings. The van der Waals surface area contributed by atoms with E-state index in [1.54, 1.807) is 0 Å². The number of carbonyl (C=O) groups is 1. The van der Waals surface area contributed by atoms with E-state index in [-0.39, 0.29) is 5.92 Å². The van der Waals surface area contributed by atoms with Gasteiger partial charge in [0.25, 0.3) is 0 Å². The van der Waals surface area contributed by atoms with Gasteiger partial charge in [-0.2, -0.15) is 0 Å². The highest BCUT2D eigenvalue weighted by Crippen LogP contribution is 2.53. The van der Waals surface area contributed by atoms with Crippen molar-refractivity contribution in [2.24, 2.45) is 17.6 Å². The second-order valence-corrected chi connectivity index (χ2v) is 3.58. The maximum Gasteiger partial charge on any atom is 0.323 e. The van der Waals surface area contributed by atoms with Gasteiger partial charge in [-0.05, 0) is 31.1 Å². The van der Waals surface area contributed by atoms with Crippen LogP contribution in [0, 0.1) is 11.8 Å². The van der Waals surface area contributed by atoms with Gasteiger partial charge in [0.15, 0.2) is 0 Å². The first-order chi connectivity index (χ1) is 4.63. The van der Waals surface area contributed by atoms with Crippen LogP contribution in [0.25, 0.3) is 0 Å². The quantitative estimate of drug-likeness (QED) is 0.548. The molecule has 0 amide bonds. The number of aliphatic carboxylic acids is 1. The summed E-state index contributed by atoms with van der Waals surface area (Å²) in [7, 11) is 0. The van der Waals surface area contributed by atoms with Crippen LogP contribution in [0.15, 0.2) is 0 Å².